The zero-order chi connectivity index (χ0) is 17.1. The summed E-state index contributed by atoms with van der Waals surface area (Å²) in [4.78, 5) is 11.2. The van der Waals surface area contributed by atoms with Crippen molar-refractivity contribution in [2.45, 2.75) is 58.8 Å². The fourth-order valence-electron chi connectivity index (χ4n) is 2.02. The molecule has 0 spiro atoms. The molecule has 0 heterocycles. The van der Waals surface area contributed by atoms with E-state index in [2.05, 4.69) is 58.1 Å². The molecule has 120 valence electrons. The minimum Gasteiger partial charge on any atom is -0.506 e. The Labute approximate surface area is 133 Å². The van der Waals surface area contributed by atoms with Gasteiger partial charge < -0.3 is 9.84 Å². The van der Waals surface area contributed by atoms with E-state index in [9.17, 15) is 9.90 Å². The van der Waals surface area contributed by atoms with E-state index in [-0.39, 0.29) is 29.0 Å². The SMILES string of the molecule is COC(=O)CC#Cc1cc(C(C)(C)C)cc(C(C)(C)C)c1O. The molecule has 0 atom stereocenters. The van der Waals surface area contributed by atoms with E-state index < -0.39 is 0 Å². The van der Waals surface area contributed by atoms with Gasteiger partial charge in [0.25, 0.3) is 0 Å². The number of hydrogen-bond donors (Lipinski definition) is 1. The van der Waals surface area contributed by atoms with Crippen LogP contribution >= 0.6 is 0 Å². The van der Waals surface area contributed by atoms with E-state index >= 15 is 0 Å². The number of ether oxygens (including phenoxy) is 1. The third-order valence-electron chi connectivity index (χ3n) is 3.47. The normalized spacial score (nSPS) is 11.6. The van der Waals surface area contributed by atoms with Gasteiger partial charge in [0.15, 0.2) is 0 Å². The fraction of sp³-hybridized carbons (Fsp3) is 0.526. The minimum atomic E-state index is -0.380. The second-order valence-electron chi connectivity index (χ2n) is 7.47. The predicted octanol–water partition coefficient (Wildman–Crippen LogP) is 3.90. The molecule has 0 radical (unpaired) electrons. The van der Waals surface area contributed by atoms with Gasteiger partial charge >= 0.3 is 5.97 Å². The molecule has 3 heteroatoms. The molecule has 0 fully saturated rings. The Kier molecular flexibility index (Phi) is 5.30. The van der Waals surface area contributed by atoms with Crippen molar-refractivity contribution < 1.29 is 14.6 Å². The second kappa shape index (κ2) is 6.44. The molecule has 0 amide bonds. The molecule has 3 nitrogen and oxygen atoms in total. The Hall–Kier alpha value is -1.95. The molecular formula is C19H26O3. The highest BCUT2D eigenvalue weighted by Gasteiger charge is 2.24. The van der Waals surface area contributed by atoms with Crippen molar-refractivity contribution in [1.82, 2.24) is 0 Å². The monoisotopic (exact) mass is 302 g/mol. The summed E-state index contributed by atoms with van der Waals surface area (Å²) in [6, 6.07) is 3.94. The van der Waals surface area contributed by atoms with Crippen molar-refractivity contribution >= 4 is 5.97 Å². The lowest BCUT2D eigenvalue weighted by Gasteiger charge is -2.26. The van der Waals surface area contributed by atoms with Crippen LogP contribution in [-0.4, -0.2) is 18.2 Å². The first-order valence-corrected chi connectivity index (χ1v) is 7.40. The first-order valence-electron chi connectivity index (χ1n) is 7.40. The van der Waals surface area contributed by atoms with Gasteiger partial charge in [0.2, 0.25) is 0 Å². The lowest BCUT2D eigenvalue weighted by molar-refractivity contribution is -0.139. The summed E-state index contributed by atoms with van der Waals surface area (Å²) >= 11 is 0. The predicted molar refractivity (Wildman–Crippen MR) is 89.0 cm³/mol. The maximum atomic E-state index is 11.2. The lowest BCUT2D eigenvalue weighted by atomic mass is 9.79. The summed E-state index contributed by atoms with van der Waals surface area (Å²) < 4.78 is 4.57. The van der Waals surface area contributed by atoms with Crippen LogP contribution in [-0.2, 0) is 20.4 Å². The third-order valence-corrected chi connectivity index (χ3v) is 3.47. The third kappa shape index (κ3) is 4.53. The first-order chi connectivity index (χ1) is 9.96. The smallest absolute Gasteiger partial charge is 0.317 e. The molecule has 0 saturated heterocycles. The maximum Gasteiger partial charge on any atom is 0.317 e. The number of benzene rings is 1. The molecule has 0 aliphatic rings. The van der Waals surface area contributed by atoms with Crippen molar-refractivity contribution in [3.8, 4) is 17.6 Å². The van der Waals surface area contributed by atoms with Gasteiger partial charge in [-0.25, -0.2) is 0 Å². The Morgan fingerprint density at radius 2 is 1.73 bits per heavy atom. The summed E-state index contributed by atoms with van der Waals surface area (Å²) in [5.74, 6) is 5.48. The highest BCUT2D eigenvalue weighted by Crippen LogP contribution is 2.37. The summed E-state index contributed by atoms with van der Waals surface area (Å²) in [6.45, 7) is 12.5. The zero-order valence-corrected chi connectivity index (χ0v) is 14.6. The van der Waals surface area contributed by atoms with Gasteiger partial charge in [-0.05, 0) is 22.5 Å². The molecule has 1 N–H and O–H groups in total. The van der Waals surface area contributed by atoms with Crippen LogP contribution in [0.3, 0.4) is 0 Å². The van der Waals surface area contributed by atoms with Gasteiger partial charge in [-0.3, -0.25) is 4.79 Å². The van der Waals surface area contributed by atoms with Gasteiger partial charge in [0.1, 0.15) is 12.2 Å². The average molecular weight is 302 g/mol. The van der Waals surface area contributed by atoms with Crippen LogP contribution in [0.5, 0.6) is 5.75 Å². The van der Waals surface area contributed by atoms with Crippen molar-refractivity contribution in [3.63, 3.8) is 0 Å². The number of phenols is 1. The largest absolute Gasteiger partial charge is 0.506 e. The standard InChI is InChI=1S/C19H26O3/c1-18(2,3)14-11-13(9-8-10-16(20)22-7)17(21)15(12-14)19(4,5)6/h11-12,21H,10H2,1-7H3. The molecular weight excluding hydrogens is 276 g/mol. The van der Waals surface area contributed by atoms with Gasteiger partial charge in [-0.2, -0.15) is 0 Å². The van der Waals surface area contributed by atoms with E-state index in [1.807, 2.05) is 12.1 Å². The number of carbonyl (C=O) groups excluding carboxylic acids is 1. The molecule has 1 aromatic carbocycles. The van der Waals surface area contributed by atoms with E-state index in [0.717, 1.165) is 11.1 Å². The average Bonchev–Trinajstić information content (AvgIpc) is 2.37. The van der Waals surface area contributed by atoms with Crippen LogP contribution in [0.1, 0.15) is 64.7 Å². The van der Waals surface area contributed by atoms with Crippen molar-refractivity contribution in [3.05, 3.63) is 28.8 Å². The Morgan fingerprint density at radius 1 is 1.14 bits per heavy atom. The maximum absolute atomic E-state index is 11.2. The van der Waals surface area contributed by atoms with Gasteiger partial charge in [0, 0.05) is 5.56 Å². The van der Waals surface area contributed by atoms with Crippen molar-refractivity contribution in [2.75, 3.05) is 7.11 Å². The van der Waals surface area contributed by atoms with Crippen LogP contribution in [0.4, 0.5) is 0 Å². The molecule has 22 heavy (non-hydrogen) atoms. The van der Waals surface area contributed by atoms with E-state index in [1.165, 1.54) is 7.11 Å². The highest BCUT2D eigenvalue weighted by atomic mass is 16.5. The number of aromatic hydroxyl groups is 1. The Balaban J connectivity index is 3.41. The Morgan fingerprint density at radius 3 is 2.18 bits per heavy atom. The summed E-state index contributed by atoms with van der Waals surface area (Å²) in [5, 5.41) is 10.5. The summed E-state index contributed by atoms with van der Waals surface area (Å²) in [5.41, 5.74) is 2.29. The zero-order valence-electron chi connectivity index (χ0n) is 14.6. The van der Waals surface area contributed by atoms with Gasteiger partial charge in [0.05, 0.1) is 12.7 Å². The molecule has 0 aliphatic heterocycles. The van der Waals surface area contributed by atoms with Crippen LogP contribution in [0.2, 0.25) is 0 Å². The second-order valence-corrected chi connectivity index (χ2v) is 7.47. The van der Waals surface area contributed by atoms with E-state index in [1.54, 1.807) is 0 Å². The van der Waals surface area contributed by atoms with Crippen LogP contribution in [0.25, 0.3) is 0 Å². The topological polar surface area (TPSA) is 46.5 Å². The quantitative estimate of drug-likeness (QED) is 0.632. The van der Waals surface area contributed by atoms with E-state index in [4.69, 9.17) is 0 Å². The summed E-state index contributed by atoms with van der Waals surface area (Å²) in [7, 11) is 1.33. The number of methoxy groups -OCH3 is 1. The number of phenolic OH excluding ortho intramolecular Hbond substituents is 1. The van der Waals surface area contributed by atoms with Gasteiger partial charge in [-0.1, -0.05) is 59.4 Å². The number of carbonyl (C=O) groups is 1. The van der Waals surface area contributed by atoms with Crippen LogP contribution in [0, 0.1) is 11.8 Å². The number of esters is 1. The fourth-order valence-corrected chi connectivity index (χ4v) is 2.02. The Bertz CT molecular complexity index is 617. The molecule has 1 rings (SSSR count). The van der Waals surface area contributed by atoms with E-state index in [0.29, 0.717) is 5.56 Å². The van der Waals surface area contributed by atoms with Crippen LogP contribution < -0.4 is 0 Å². The molecule has 1 aromatic rings. The first kappa shape index (κ1) is 18.1. The molecule has 0 unspecified atom stereocenters. The lowest BCUT2D eigenvalue weighted by Crippen LogP contribution is -2.17. The molecule has 0 saturated carbocycles. The van der Waals surface area contributed by atoms with Crippen LogP contribution in [0.15, 0.2) is 12.1 Å². The molecule has 0 aliphatic carbocycles. The van der Waals surface area contributed by atoms with Crippen molar-refractivity contribution in [2.24, 2.45) is 0 Å². The summed E-state index contributed by atoms with van der Waals surface area (Å²) in [6.07, 6.45) is 0.0144. The van der Waals surface area contributed by atoms with Gasteiger partial charge in [-0.15, -0.1) is 0 Å². The number of hydrogen-bond acceptors (Lipinski definition) is 3. The minimum absolute atomic E-state index is 0.0144. The molecule has 0 bridgehead atoms. The number of rotatable bonds is 1. The van der Waals surface area contributed by atoms with Crippen molar-refractivity contribution in [1.29, 1.82) is 0 Å². The highest BCUT2D eigenvalue weighted by molar-refractivity contribution is 5.72. The molecule has 0 aromatic heterocycles.